The molecule has 2 heterocycles. The quantitative estimate of drug-likeness (QED) is 0.852. The van der Waals surface area contributed by atoms with Gasteiger partial charge in [-0.2, -0.15) is 0 Å². The Hall–Kier alpha value is -1.13. The zero-order chi connectivity index (χ0) is 13.5. The Kier molecular flexibility index (Phi) is 5.61. The van der Waals surface area contributed by atoms with Gasteiger partial charge in [0.2, 0.25) is 0 Å². The molecule has 106 valence electrons. The first-order chi connectivity index (χ1) is 9.35. The molecule has 4 nitrogen and oxygen atoms in total. The van der Waals surface area contributed by atoms with E-state index < -0.39 is 0 Å². The third kappa shape index (κ3) is 3.91. The van der Waals surface area contributed by atoms with Crippen molar-refractivity contribution in [3.05, 3.63) is 24.0 Å². The summed E-state index contributed by atoms with van der Waals surface area (Å²) in [6.07, 6.45) is 6.32. The fourth-order valence-corrected chi connectivity index (χ4v) is 2.70. The van der Waals surface area contributed by atoms with Gasteiger partial charge in [0.05, 0.1) is 0 Å². The highest BCUT2D eigenvalue weighted by molar-refractivity contribution is 5.52. The molecule has 2 rings (SSSR count). The maximum atomic E-state index is 5.26. The van der Waals surface area contributed by atoms with Gasteiger partial charge in [0, 0.05) is 57.0 Å². The zero-order valence-electron chi connectivity index (χ0n) is 12.1. The number of hydrogen-bond acceptors (Lipinski definition) is 4. The van der Waals surface area contributed by atoms with Gasteiger partial charge >= 0.3 is 0 Å². The molecule has 0 aliphatic carbocycles. The molecule has 0 spiro atoms. The number of methoxy groups -OCH3 is 1. The van der Waals surface area contributed by atoms with Gasteiger partial charge in [-0.25, -0.2) is 0 Å². The van der Waals surface area contributed by atoms with Crippen molar-refractivity contribution in [1.29, 1.82) is 0 Å². The molecule has 0 bridgehead atoms. The summed E-state index contributed by atoms with van der Waals surface area (Å²) < 4.78 is 5.26. The van der Waals surface area contributed by atoms with E-state index in [9.17, 15) is 0 Å². The van der Waals surface area contributed by atoms with Gasteiger partial charge in [-0.15, -0.1) is 0 Å². The van der Waals surface area contributed by atoms with Crippen LogP contribution in [0.1, 0.15) is 25.3 Å². The Labute approximate surface area is 116 Å². The van der Waals surface area contributed by atoms with Gasteiger partial charge in [0.15, 0.2) is 0 Å². The summed E-state index contributed by atoms with van der Waals surface area (Å²) in [7, 11) is 1.80. The van der Waals surface area contributed by atoms with E-state index in [1.54, 1.807) is 7.11 Å². The number of nitrogens with zero attached hydrogens (tertiary/aromatic N) is 2. The number of pyridine rings is 1. The van der Waals surface area contributed by atoms with Crippen molar-refractivity contribution in [2.45, 2.75) is 26.3 Å². The van der Waals surface area contributed by atoms with Crippen molar-refractivity contribution < 1.29 is 4.74 Å². The average molecular weight is 263 g/mol. The summed E-state index contributed by atoms with van der Waals surface area (Å²) in [4.78, 5) is 6.74. The van der Waals surface area contributed by atoms with Crippen LogP contribution in [-0.4, -0.2) is 38.3 Å². The van der Waals surface area contributed by atoms with E-state index in [-0.39, 0.29) is 0 Å². The summed E-state index contributed by atoms with van der Waals surface area (Å²) in [6, 6.07) is 2.14. The Balaban J connectivity index is 1.98. The van der Waals surface area contributed by atoms with E-state index >= 15 is 0 Å². The molecule has 0 amide bonds. The molecule has 19 heavy (non-hydrogen) atoms. The minimum atomic E-state index is 0.723. The minimum Gasteiger partial charge on any atom is -0.384 e. The Morgan fingerprint density at radius 1 is 1.42 bits per heavy atom. The van der Waals surface area contributed by atoms with Crippen molar-refractivity contribution in [2.24, 2.45) is 5.92 Å². The Bertz CT molecular complexity index is 375. The molecule has 1 aromatic rings. The van der Waals surface area contributed by atoms with Crippen molar-refractivity contribution in [3.63, 3.8) is 0 Å². The molecule has 1 aliphatic rings. The molecular formula is C15H25N3O. The topological polar surface area (TPSA) is 37.4 Å². The zero-order valence-corrected chi connectivity index (χ0v) is 12.1. The van der Waals surface area contributed by atoms with Crippen LogP contribution in [0.4, 0.5) is 5.69 Å². The van der Waals surface area contributed by atoms with Crippen LogP contribution in [0, 0.1) is 5.92 Å². The van der Waals surface area contributed by atoms with Crippen molar-refractivity contribution >= 4 is 5.69 Å². The molecule has 1 aliphatic heterocycles. The second-order valence-electron chi connectivity index (χ2n) is 5.17. The average Bonchev–Trinajstić information content (AvgIpc) is 2.47. The number of anilines is 1. The first kappa shape index (κ1) is 14.3. The highest BCUT2D eigenvalue weighted by Gasteiger charge is 2.20. The lowest BCUT2D eigenvalue weighted by Crippen LogP contribution is -2.35. The van der Waals surface area contributed by atoms with Crippen LogP contribution in [0.3, 0.4) is 0 Å². The summed E-state index contributed by atoms with van der Waals surface area (Å²) in [5.74, 6) is 0.723. The van der Waals surface area contributed by atoms with Crippen LogP contribution >= 0.6 is 0 Å². The largest absolute Gasteiger partial charge is 0.384 e. The van der Waals surface area contributed by atoms with Crippen LogP contribution in [0.25, 0.3) is 0 Å². The minimum absolute atomic E-state index is 0.723. The molecule has 0 aromatic carbocycles. The number of rotatable bonds is 6. The van der Waals surface area contributed by atoms with Crippen LogP contribution < -0.4 is 10.2 Å². The molecule has 0 atom stereocenters. The Morgan fingerprint density at radius 3 is 2.89 bits per heavy atom. The van der Waals surface area contributed by atoms with Gasteiger partial charge in [0.1, 0.15) is 0 Å². The second-order valence-corrected chi connectivity index (χ2v) is 5.17. The lowest BCUT2D eigenvalue weighted by Gasteiger charge is -2.34. The van der Waals surface area contributed by atoms with Crippen LogP contribution in [0.15, 0.2) is 18.5 Å². The van der Waals surface area contributed by atoms with Gasteiger partial charge in [-0.05, 0) is 31.4 Å². The van der Waals surface area contributed by atoms with Gasteiger partial charge in [0.25, 0.3) is 0 Å². The third-order valence-corrected chi connectivity index (χ3v) is 3.80. The molecule has 1 saturated heterocycles. The lowest BCUT2D eigenvalue weighted by molar-refractivity contribution is 0.139. The third-order valence-electron chi connectivity index (χ3n) is 3.80. The van der Waals surface area contributed by atoms with Crippen LogP contribution in [-0.2, 0) is 11.3 Å². The van der Waals surface area contributed by atoms with Gasteiger partial charge < -0.3 is 15.0 Å². The van der Waals surface area contributed by atoms with Crippen molar-refractivity contribution in [3.8, 4) is 0 Å². The maximum Gasteiger partial charge on any atom is 0.0491 e. The molecule has 0 radical (unpaired) electrons. The molecular weight excluding hydrogens is 238 g/mol. The molecule has 1 aromatic heterocycles. The second kappa shape index (κ2) is 7.46. The predicted octanol–water partition coefficient (Wildman–Crippen LogP) is 2.05. The number of hydrogen-bond donors (Lipinski definition) is 1. The number of nitrogens with one attached hydrogen (secondary N) is 1. The van der Waals surface area contributed by atoms with Crippen LogP contribution in [0.5, 0.6) is 0 Å². The molecule has 0 saturated carbocycles. The van der Waals surface area contributed by atoms with Gasteiger partial charge in [-0.1, -0.05) is 6.92 Å². The lowest BCUT2D eigenvalue weighted by atomic mass is 9.97. The van der Waals surface area contributed by atoms with E-state index in [0.29, 0.717) is 0 Å². The number of piperidine rings is 1. The Morgan fingerprint density at radius 2 is 2.21 bits per heavy atom. The fraction of sp³-hybridized carbons (Fsp3) is 0.667. The van der Waals surface area contributed by atoms with Crippen molar-refractivity contribution in [1.82, 2.24) is 10.3 Å². The smallest absolute Gasteiger partial charge is 0.0491 e. The van der Waals surface area contributed by atoms with E-state index in [0.717, 1.165) is 38.7 Å². The SMILES string of the molecule is CCNCc1cnccc1N1CCC(COC)CC1. The maximum absolute atomic E-state index is 5.26. The summed E-state index contributed by atoms with van der Waals surface area (Å²) in [6.45, 7) is 7.16. The van der Waals surface area contributed by atoms with E-state index in [1.165, 1.54) is 24.1 Å². The first-order valence-corrected chi connectivity index (χ1v) is 7.22. The molecule has 4 heteroatoms. The first-order valence-electron chi connectivity index (χ1n) is 7.22. The fourth-order valence-electron chi connectivity index (χ4n) is 2.70. The number of ether oxygens (including phenoxy) is 1. The van der Waals surface area contributed by atoms with Crippen LogP contribution in [0.2, 0.25) is 0 Å². The molecule has 1 N–H and O–H groups in total. The molecule has 1 fully saturated rings. The van der Waals surface area contributed by atoms with E-state index in [2.05, 4.69) is 28.2 Å². The monoisotopic (exact) mass is 263 g/mol. The van der Waals surface area contributed by atoms with Gasteiger partial charge in [-0.3, -0.25) is 4.98 Å². The normalized spacial score (nSPS) is 16.8. The predicted molar refractivity (Wildman–Crippen MR) is 78.4 cm³/mol. The summed E-state index contributed by atoms with van der Waals surface area (Å²) in [5, 5.41) is 3.39. The number of aromatic nitrogens is 1. The molecule has 0 unspecified atom stereocenters. The van der Waals surface area contributed by atoms with E-state index in [1.807, 2.05) is 12.4 Å². The standard InChI is InChI=1S/C15H25N3O/c1-3-16-10-14-11-17-7-4-15(14)18-8-5-13(6-9-18)12-19-2/h4,7,11,13,16H,3,5-6,8-10,12H2,1-2H3. The van der Waals surface area contributed by atoms with Crippen molar-refractivity contribution in [2.75, 3.05) is 38.3 Å². The summed E-state index contributed by atoms with van der Waals surface area (Å²) in [5.41, 5.74) is 2.64. The highest BCUT2D eigenvalue weighted by atomic mass is 16.5. The highest BCUT2D eigenvalue weighted by Crippen LogP contribution is 2.25. The summed E-state index contributed by atoms with van der Waals surface area (Å²) >= 11 is 0. The van der Waals surface area contributed by atoms with E-state index in [4.69, 9.17) is 4.74 Å².